The quantitative estimate of drug-likeness (QED) is 0.757. The second kappa shape index (κ2) is 3.88. The fourth-order valence-corrected chi connectivity index (χ4v) is 1.83. The van der Waals surface area contributed by atoms with Crippen molar-refractivity contribution in [1.29, 1.82) is 0 Å². The average Bonchev–Trinajstić information content (AvgIpc) is 2.11. The Balaban J connectivity index is 3.34. The summed E-state index contributed by atoms with van der Waals surface area (Å²) in [5.74, 6) is 0.146. The van der Waals surface area contributed by atoms with E-state index in [0.29, 0.717) is 5.56 Å². The zero-order chi connectivity index (χ0) is 10.9. The summed E-state index contributed by atoms with van der Waals surface area (Å²) in [6.45, 7) is 3.25. The van der Waals surface area contributed by atoms with Gasteiger partial charge in [0.2, 0.25) is 0 Å². The number of rotatable bonds is 2. The van der Waals surface area contributed by atoms with Crippen molar-refractivity contribution in [1.82, 2.24) is 0 Å². The normalized spacial score (nSPS) is 15.2. The van der Waals surface area contributed by atoms with Crippen molar-refractivity contribution in [2.45, 2.75) is 19.4 Å². The molecule has 0 spiro atoms. The predicted octanol–water partition coefficient (Wildman–Crippen LogP) is 1.63. The highest BCUT2D eigenvalue weighted by Gasteiger charge is 2.24. The van der Waals surface area contributed by atoms with Crippen LogP contribution in [-0.4, -0.2) is 16.8 Å². The van der Waals surface area contributed by atoms with Gasteiger partial charge in [0, 0.05) is 10.0 Å². The second-order valence-corrected chi connectivity index (χ2v) is 4.61. The molecule has 78 valence electrons. The van der Waals surface area contributed by atoms with Gasteiger partial charge in [-0.15, -0.1) is 0 Å². The van der Waals surface area contributed by atoms with Crippen molar-refractivity contribution in [3.63, 3.8) is 0 Å². The van der Waals surface area contributed by atoms with Gasteiger partial charge in [-0.25, -0.2) is 0 Å². The van der Waals surface area contributed by atoms with Crippen molar-refractivity contribution in [3.8, 4) is 5.75 Å². The molecule has 1 atom stereocenters. The third-order valence-electron chi connectivity index (χ3n) is 2.21. The first kappa shape index (κ1) is 11.5. The number of nitrogens with two attached hydrogens (primary N) is 1. The van der Waals surface area contributed by atoms with Crippen molar-refractivity contribution in [2.75, 3.05) is 6.61 Å². The summed E-state index contributed by atoms with van der Waals surface area (Å²) in [7, 11) is 0. The van der Waals surface area contributed by atoms with Crippen LogP contribution in [0.1, 0.15) is 18.1 Å². The first-order valence-corrected chi connectivity index (χ1v) is 5.07. The van der Waals surface area contributed by atoms with E-state index in [1.165, 1.54) is 0 Å². The summed E-state index contributed by atoms with van der Waals surface area (Å²) >= 11 is 3.32. The summed E-state index contributed by atoms with van der Waals surface area (Å²) in [6, 6.07) is 3.52. The lowest BCUT2D eigenvalue weighted by Crippen LogP contribution is -2.37. The molecule has 0 amide bonds. The molecule has 0 saturated carbocycles. The van der Waals surface area contributed by atoms with Crippen molar-refractivity contribution < 1.29 is 10.2 Å². The fourth-order valence-electron chi connectivity index (χ4n) is 1.26. The SMILES string of the molecule is Cc1cc(Br)cc([C@](C)(N)CO)c1O. The first-order valence-electron chi connectivity index (χ1n) is 4.28. The molecule has 0 heterocycles. The van der Waals surface area contributed by atoms with Gasteiger partial charge in [0.15, 0.2) is 0 Å². The van der Waals surface area contributed by atoms with E-state index in [9.17, 15) is 5.11 Å². The molecule has 1 aromatic carbocycles. The largest absolute Gasteiger partial charge is 0.507 e. The number of aliphatic hydroxyl groups excluding tert-OH is 1. The van der Waals surface area contributed by atoms with Crippen LogP contribution in [-0.2, 0) is 5.54 Å². The van der Waals surface area contributed by atoms with Crippen LogP contribution in [0.5, 0.6) is 5.75 Å². The third-order valence-corrected chi connectivity index (χ3v) is 2.67. The van der Waals surface area contributed by atoms with E-state index in [1.54, 1.807) is 26.0 Å². The molecule has 0 radical (unpaired) electrons. The van der Waals surface area contributed by atoms with Gasteiger partial charge in [-0.05, 0) is 31.5 Å². The number of phenols is 1. The van der Waals surface area contributed by atoms with E-state index in [4.69, 9.17) is 10.8 Å². The van der Waals surface area contributed by atoms with Crippen LogP contribution >= 0.6 is 15.9 Å². The summed E-state index contributed by atoms with van der Waals surface area (Å²) in [5, 5.41) is 18.9. The minimum Gasteiger partial charge on any atom is -0.507 e. The van der Waals surface area contributed by atoms with Crippen molar-refractivity contribution in [2.24, 2.45) is 5.73 Å². The minimum absolute atomic E-state index is 0.146. The van der Waals surface area contributed by atoms with Crippen LogP contribution < -0.4 is 5.73 Å². The van der Waals surface area contributed by atoms with Crippen LogP contribution in [0, 0.1) is 6.92 Å². The molecular formula is C10H14BrNO2. The number of halogens is 1. The lowest BCUT2D eigenvalue weighted by molar-refractivity contribution is 0.206. The van der Waals surface area contributed by atoms with Gasteiger partial charge in [0.25, 0.3) is 0 Å². The van der Waals surface area contributed by atoms with E-state index < -0.39 is 5.54 Å². The van der Waals surface area contributed by atoms with E-state index in [1.807, 2.05) is 0 Å². The number of benzene rings is 1. The summed E-state index contributed by atoms with van der Waals surface area (Å²) in [4.78, 5) is 0. The van der Waals surface area contributed by atoms with E-state index in [-0.39, 0.29) is 12.4 Å². The van der Waals surface area contributed by atoms with Gasteiger partial charge in [-0.3, -0.25) is 0 Å². The van der Waals surface area contributed by atoms with Crippen LogP contribution in [0.4, 0.5) is 0 Å². The fraction of sp³-hybridized carbons (Fsp3) is 0.400. The highest BCUT2D eigenvalue weighted by Crippen LogP contribution is 2.32. The monoisotopic (exact) mass is 259 g/mol. The Morgan fingerprint density at radius 2 is 2.07 bits per heavy atom. The Bertz CT molecular complexity index is 350. The molecule has 3 nitrogen and oxygen atoms in total. The molecule has 0 fully saturated rings. The Kier molecular flexibility index (Phi) is 3.19. The van der Waals surface area contributed by atoms with E-state index >= 15 is 0 Å². The topological polar surface area (TPSA) is 66.5 Å². The molecule has 1 rings (SSSR count). The molecule has 0 aliphatic heterocycles. The van der Waals surface area contributed by atoms with Crippen molar-refractivity contribution >= 4 is 15.9 Å². The van der Waals surface area contributed by atoms with Crippen LogP contribution in [0.3, 0.4) is 0 Å². The van der Waals surface area contributed by atoms with Gasteiger partial charge in [0.1, 0.15) is 5.75 Å². The molecule has 4 N–H and O–H groups in total. The number of hydrogen-bond donors (Lipinski definition) is 3. The Labute approximate surface area is 91.7 Å². The lowest BCUT2D eigenvalue weighted by Gasteiger charge is -2.24. The van der Waals surface area contributed by atoms with E-state index in [0.717, 1.165) is 10.0 Å². The highest BCUT2D eigenvalue weighted by molar-refractivity contribution is 9.10. The predicted molar refractivity (Wildman–Crippen MR) is 59.2 cm³/mol. The van der Waals surface area contributed by atoms with E-state index in [2.05, 4.69) is 15.9 Å². The Morgan fingerprint density at radius 1 is 1.50 bits per heavy atom. The zero-order valence-electron chi connectivity index (χ0n) is 8.21. The third kappa shape index (κ3) is 2.08. The molecule has 0 aliphatic carbocycles. The number of phenolic OH excluding ortho intramolecular Hbond substituents is 1. The second-order valence-electron chi connectivity index (χ2n) is 3.69. The molecule has 14 heavy (non-hydrogen) atoms. The molecule has 4 heteroatoms. The van der Waals surface area contributed by atoms with Crippen LogP contribution in [0.2, 0.25) is 0 Å². The lowest BCUT2D eigenvalue weighted by atomic mass is 9.92. The molecule has 0 aliphatic rings. The first-order chi connectivity index (χ1) is 6.38. The average molecular weight is 260 g/mol. The zero-order valence-corrected chi connectivity index (χ0v) is 9.80. The molecule has 0 aromatic heterocycles. The van der Waals surface area contributed by atoms with Gasteiger partial charge >= 0.3 is 0 Å². The molecule has 0 unspecified atom stereocenters. The van der Waals surface area contributed by atoms with Gasteiger partial charge in [-0.1, -0.05) is 15.9 Å². The smallest absolute Gasteiger partial charge is 0.123 e. The number of hydrogen-bond acceptors (Lipinski definition) is 3. The molecular weight excluding hydrogens is 246 g/mol. The maximum absolute atomic E-state index is 9.78. The van der Waals surface area contributed by atoms with Gasteiger partial charge in [0.05, 0.1) is 12.1 Å². The molecule has 0 bridgehead atoms. The van der Waals surface area contributed by atoms with Gasteiger partial charge in [-0.2, -0.15) is 0 Å². The van der Waals surface area contributed by atoms with Gasteiger partial charge < -0.3 is 15.9 Å². The summed E-state index contributed by atoms with van der Waals surface area (Å²) in [5.41, 5.74) is 6.21. The minimum atomic E-state index is -0.918. The van der Waals surface area contributed by atoms with Crippen molar-refractivity contribution in [3.05, 3.63) is 27.7 Å². The van der Waals surface area contributed by atoms with Crippen LogP contribution in [0.25, 0.3) is 0 Å². The highest BCUT2D eigenvalue weighted by atomic mass is 79.9. The Morgan fingerprint density at radius 3 is 2.57 bits per heavy atom. The maximum Gasteiger partial charge on any atom is 0.123 e. The standard InChI is InChI=1S/C10H14BrNO2/c1-6-3-7(11)4-8(9(6)14)10(2,12)5-13/h3-4,13-14H,5,12H2,1-2H3/t10-/m1/s1. The summed E-state index contributed by atoms with van der Waals surface area (Å²) in [6.07, 6.45) is 0. The number of aromatic hydroxyl groups is 1. The molecule has 0 saturated heterocycles. The number of aliphatic hydroxyl groups is 1. The Hall–Kier alpha value is -0.580. The maximum atomic E-state index is 9.78. The number of aryl methyl sites for hydroxylation is 1. The molecule has 1 aromatic rings. The summed E-state index contributed by atoms with van der Waals surface area (Å²) < 4.78 is 0.841. The van der Waals surface area contributed by atoms with Crippen LogP contribution in [0.15, 0.2) is 16.6 Å².